The standard InChI is InChI=1S/C29H35N3O4/c1-19-7-5-8-23(20(19)2)30-28(34)29(3)18-31-24(26-9-6-16-36-26)14-15-25(31)27(33)32(29)17-21-10-12-22(35-4)13-11-21/h6,9-16,19-20,23H,5,7-8,17-18H2,1-4H3,(H,30,34). The SMILES string of the molecule is COc1ccc(CN2C(=O)c3ccc(-c4ccco4)n3CC2(C)C(=O)NC2CCCC(C)C2C)cc1. The molecule has 7 nitrogen and oxygen atoms in total. The molecular weight excluding hydrogens is 454 g/mol. The molecule has 0 radical (unpaired) electrons. The average Bonchev–Trinajstić information content (AvgIpc) is 3.55. The molecule has 3 aromatic rings. The fourth-order valence-electron chi connectivity index (χ4n) is 5.68. The predicted octanol–water partition coefficient (Wildman–Crippen LogP) is 5.11. The van der Waals surface area contributed by atoms with Crippen LogP contribution in [0, 0.1) is 11.8 Å². The summed E-state index contributed by atoms with van der Waals surface area (Å²) in [7, 11) is 1.63. The second kappa shape index (κ2) is 9.52. The summed E-state index contributed by atoms with van der Waals surface area (Å²) in [5, 5.41) is 3.35. The number of ether oxygens (including phenoxy) is 1. The first-order valence-electron chi connectivity index (χ1n) is 12.8. The average molecular weight is 490 g/mol. The highest BCUT2D eigenvalue weighted by Crippen LogP contribution is 2.36. The van der Waals surface area contributed by atoms with E-state index >= 15 is 0 Å². The molecule has 190 valence electrons. The lowest BCUT2D eigenvalue weighted by Gasteiger charge is -2.46. The zero-order valence-corrected chi connectivity index (χ0v) is 21.5. The lowest BCUT2D eigenvalue weighted by atomic mass is 9.77. The third-order valence-electron chi connectivity index (χ3n) is 8.29. The molecule has 4 unspecified atom stereocenters. The van der Waals surface area contributed by atoms with E-state index in [9.17, 15) is 9.59 Å². The lowest BCUT2D eigenvalue weighted by Crippen LogP contribution is -2.65. The number of carbonyl (C=O) groups excluding carboxylic acids is 2. The Morgan fingerprint density at radius 2 is 1.86 bits per heavy atom. The van der Waals surface area contributed by atoms with Crippen LogP contribution in [-0.2, 0) is 17.9 Å². The molecule has 2 amide bonds. The van der Waals surface area contributed by atoms with Crippen molar-refractivity contribution in [3.05, 3.63) is 66.1 Å². The fraction of sp³-hybridized carbons (Fsp3) is 0.448. The highest BCUT2D eigenvalue weighted by atomic mass is 16.5. The Morgan fingerprint density at radius 1 is 1.11 bits per heavy atom. The molecule has 5 rings (SSSR count). The van der Waals surface area contributed by atoms with Gasteiger partial charge in [-0.3, -0.25) is 9.59 Å². The predicted molar refractivity (Wildman–Crippen MR) is 138 cm³/mol. The first kappa shape index (κ1) is 24.2. The largest absolute Gasteiger partial charge is 0.497 e. The van der Waals surface area contributed by atoms with Crippen molar-refractivity contribution >= 4 is 11.8 Å². The van der Waals surface area contributed by atoms with Crippen LogP contribution in [0.5, 0.6) is 5.75 Å². The van der Waals surface area contributed by atoms with Crippen LogP contribution in [0.3, 0.4) is 0 Å². The van der Waals surface area contributed by atoms with Crippen molar-refractivity contribution in [3.8, 4) is 17.2 Å². The maximum atomic E-state index is 14.1. The molecule has 7 heteroatoms. The molecule has 0 bridgehead atoms. The summed E-state index contributed by atoms with van der Waals surface area (Å²) in [6, 6.07) is 15.2. The topological polar surface area (TPSA) is 76.7 Å². The lowest BCUT2D eigenvalue weighted by molar-refractivity contribution is -0.134. The van der Waals surface area contributed by atoms with Crippen molar-refractivity contribution in [2.24, 2.45) is 11.8 Å². The third kappa shape index (κ3) is 4.21. The number of fused-ring (bicyclic) bond motifs is 1. The molecule has 1 aromatic carbocycles. The van der Waals surface area contributed by atoms with Crippen LogP contribution in [0.25, 0.3) is 11.5 Å². The van der Waals surface area contributed by atoms with Gasteiger partial charge < -0.3 is 23.9 Å². The Hall–Kier alpha value is -3.48. The van der Waals surface area contributed by atoms with Crippen molar-refractivity contribution < 1.29 is 18.7 Å². The van der Waals surface area contributed by atoms with Gasteiger partial charge in [0, 0.05) is 12.6 Å². The van der Waals surface area contributed by atoms with E-state index in [2.05, 4.69) is 19.2 Å². The number of furan rings is 1. The van der Waals surface area contributed by atoms with Gasteiger partial charge in [0.05, 0.1) is 25.6 Å². The van der Waals surface area contributed by atoms with Gasteiger partial charge in [0.1, 0.15) is 22.7 Å². The van der Waals surface area contributed by atoms with Crippen molar-refractivity contribution in [1.29, 1.82) is 0 Å². The zero-order valence-electron chi connectivity index (χ0n) is 21.5. The van der Waals surface area contributed by atoms with Gasteiger partial charge in [-0.1, -0.05) is 38.8 Å². The second-order valence-electron chi connectivity index (χ2n) is 10.5. The molecule has 0 spiro atoms. The number of rotatable bonds is 6. The van der Waals surface area contributed by atoms with E-state index in [1.54, 1.807) is 18.3 Å². The number of amides is 2. The van der Waals surface area contributed by atoms with Crippen LogP contribution in [0.4, 0.5) is 0 Å². The van der Waals surface area contributed by atoms with E-state index in [0.717, 1.165) is 29.8 Å². The van der Waals surface area contributed by atoms with Gasteiger partial charge in [0.2, 0.25) is 5.91 Å². The fourth-order valence-corrected chi connectivity index (χ4v) is 5.68. The number of nitrogens with one attached hydrogen (secondary N) is 1. The summed E-state index contributed by atoms with van der Waals surface area (Å²) < 4.78 is 12.9. The molecule has 2 aromatic heterocycles. The molecule has 1 aliphatic carbocycles. The number of nitrogens with zero attached hydrogens (tertiary/aromatic N) is 2. The van der Waals surface area contributed by atoms with E-state index in [1.165, 1.54) is 6.42 Å². The van der Waals surface area contributed by atoms with Crippen molar-refractivity contribution in [1.82, 2.24) is 14.8 Å². The Morgan fingerprint density at radius 3 is 2.56 bits per heavy atom. The maximum Gasteiger partial charge on any atom is 0.271 e. The summed E-state index contributed by atoms with van der Waals surface area (Å²) in [5.41, 5.74) is 1.21. The summed E-state index contributed by atoms with van der Waals surface area (Å²) in [4.78, 5) is 29.7. The van der Waals surface area contributed by atoms with Crippen molar-refractivity contribution in [3.63, 3.8) is 0 Å². The minimum atomic E-state index is -1.08. The summed E-state index contributed by atoms with van der Waals surface area (Å²) >= 11 is 0. The number of aromatic nitrogens is 1. The number of hydrogen-bond donors (Lipinski definition) is 1. The molecular formula is C29H35N3O4. The number of benzene rings is 1. The van der Waals surface area contributed by atoms with E-state index in [0.29, 0.717) is 36.4 Å². The molecule has 1 N–H and O–H groups in total. The Bertz CT molecular complexity index is 1230. The molecule has 3 heterocycles. The molecule has 1 saturated carbocycles. The number of carbonyl (C=O) groups is 2. The molecule has 4 atom stereocenters. The minimum absolute atomic E-state index is 0.103. The molecule has 1 fully saturated rings. The van der Waals surface area contributed by atoms with Crippen LogP contribution < -0.4 is 10.1 Å². The molecule has 0 saturated heterocycles. The van der Waals surface area contributed by atoms with Gasteiger partial charge >= 0.3 is 0 Å². The summed E-state index contributed by atoms with van der Waals surface area (Å²) in [6.45, 7) is 7.03. The number of methoxy groups -OCH3 is 1. The van der Waals surface area contributed by atoms with Gasteiger partial charge in [0.25, 0.3) is 5.91 Å². The van der Waals surface area contributed by atoms with E-state index in [1.807, 2.05) is 60.0 Å². The Labute approximate surface area is 212 Å². The minimum Gasteiger partial charge on any atom is -0.497 e. The first-order valence-corrected chi connectivity index (χ1v) is 12.8. The van der Waals surface area contributed by atoms with E-state index < -0.39 is 5.54 Å². The smallest absolute Gasteiger partial charge is 0.271 e. The van der Waals surface area contributed by atoms with Crippen LogP contribution >= 0.6 is 0 Å². The number of hydrogen-bond acceptors (Lipinski definition) is 4. The normalized spacial score (nSPS) is 25.9. The third-order valence-corrected chi connectivity index (χ3v) is 8.29. The van der Waals surface area contributed by atoms with Crippen LogP contribution in [-0.4, -0.2) is 40.0 Å². The van der Waals surface area contributed by atoms with Crippen LogP contribution in [0.2, 0.25) is 0 Å². The quantitative estimate of drug-likeness (QED) is 0.522. The van der Waals surface area contributed by atoms with Crippen LogP contribution in [0.15, 0.2) is 59.2 Å². The first-order chi connectivity index (χ1) is 17.3. The van der Waals surface area contributed by atoms with Crippen LogP contribution in [0.1, 0.15) is 56.1 Å². The van der Waals surface area contributed by atoms with E-state index in [-0.39, 0.29) is 17.9 Å². The zero-order chi connectivity index (χ0) is 25.4. The Kier molecular flexibility index (Phi) is 6.41. The Balaban J connectivity index is 1.51. The van der Waals surface area contributed by atoms with Gasteiger partial charge in [0.15, 0.2) is 0 Å². The van der Waals surface area contributed by atoms with Gasteiger partial charge in [-0.15, -0.1) is 0 Å². The molecule has 36 heavy (non-hydrogen) atoms. The van der Waals surface area contributed by atoms with E-state index in [4.69, 9.17) is 9.15 Å². The molecule has 1 aliphatic heterocycles. The van der Waals surface area contributed by atoms with Gasteiger partial charge in [-0.2, -0.15) is 0 Å². The van der Waals surface area contributed by atoms with Crippen molar-refractivity contribution in [2.75, 3.05) is 7.11 Å². The van der Waals surface area contributed by atoms with Gasteiger partial charge in [-0.05, 0) is 67.1 Å². The van der Waals surface area contributed by atoms with Gasteiger partial charge in [-0.25, -0.2) is 0 Å². The summed E-state index contributed by atoms with van der Waals surface area (Å²) in [5.74, 6) is 2.10. The highest BCUT2D eigenvalue weighted by molar-refractivity contribution is 6.00. The highest BCUT2D eigenvalue weighted by Gasteiger charge is 2.48. The molecule has 2 aliphatic rings. The summed E-state index contributed by atoms with van der Waals surface area (Å²) in [6.07, 6.45) is 4.87. The maximum absolute atomic E-state index is 14.1. The van der Waals surface area contributed by atoms with Crippen molar-refractivity contribution in [2.45, 2.75) is 64.7 Å². The second-order valence-corrected chi connectivity index (χ2v) is 10.5. The monoisotopic (exact) mass is 489 g/mol.